The molecular weight excluding hydrogens is 377 g/mol. The van der Waals surface area contributed by atoms with Crippen LogP contribution in [0, 0.1) is 0 Å². The van der Waals surface area contributed by atoms with Crippen molar-refractivity contribution in [2.75, 3.05) is 6.16 Å². The molecule has 0 heterocycles. The fourth-order valence-corrected chi connectivity index (χ4v) is 7.54. The number of allylic oxidation sites excluding steroid dienone is 2. The van der Waals surface area contributed by atoms with E-state index in [1.807, 2.05) is 0 Å². The van der Waals surface area contributed by atoms with Crippen molar-refractivity contribution in [3.63, 3.8) is 0 Å². The summed E-state index contributed by atoms with van der Waals surface area (Å²) in [6.45, 7) is 4.55. The molecule has 2 aliphatic rings. The van der Waals surface area contributed by atoms with Crippen LogP contribution in [-0.4, -0.2) is 17.5 Å². The van der Waals surface area contributed by atoms with E-state index in [9.17, 15) is 0 Å². The molecule has 2 aliphatic carbocycles. The molecule has 0 nitrogen and oxygen atoms in total. The van der Waals surface area contributed by atoms with E-state index in [1.54, 1.807) is 25.7 Å². The first-order chi connectivity index (χ1) is 9.77. The van der Waals surface area contributed by atoms with Crippen LogP contribution in [0.1, 0.15) is 78.1 Å². The minimum atomic E-state index is 0.294. The summed E-state index contributed by atoms with van der Waals surface area (Å²) in [7, 11) is 4.78. The first-order valence-electron chi connectivity index (χ1n) is 8.28. The molecule has 0 aliphatic heterocycles. The van der Waals surface area contributed by atoms with E-state index in [1.165, 1.54) is 50.3 Å². The predicted octanol–water partition coefficient (Wildman–Crippen LogP) is 6.79. The summed E-state index contributed by atoms with van der Waals surface area (Å²) in [5.41, 5.74) is 3.77. The van der Waals surface area contributed by atoms with Gasteiger partial charge < -0.3 is 0 Å². The van der Waals surface area contributed by atoms with Gasteiger partial charge in [-0.05, 0) is 57.0 Å². The van der Waals surface area contributed by atoms with E-state index < -0.39 is 0 Å². The van der Waals surface area contributed by atoms with Gasteiger partial charge in [0.25, 0.3) is 0 Å². The Morgan fingerprint density at radius 3 is 1.65 bits per heavy atom. The quantitative estimate of drug-likeness (QED) is 0.273. The third-order valence-electron chi connectivity index (χ3n) is 4.80. The zero-order valence-electron chi connectivity index (χ0n) is 13.2. The molecule has 0 N–H and O–H groups in total. The molecule has 0 aromatic rings. The van der Waals surface area contributed by atoms with Gasteiger partial charge in [-0.2, -0.15) is 0 Å². The van der Waals surface area contributed by atoms with Gasteiger partial charge in [-0.3, -0.25) is 0 Å². The first-order valence-corrected chi connectivity index (χ1v) is 11.9. The third-order valence-corrected chi connectivity index (χ3v) is 8.31. The van der Waals surface area contributed by atoms with Crippen molar-refractivity contribution >= 4 is 17.5 Å². The van der Waals surface area contributed by atoms with Crippen molar-refractivity contribution in [1.82, 2.24) is 0 Å². The van der Waals surface area contributed by atoms with Crippen molar-refractivity contribution in [2.24, 2.45) is 0 Å². The Labute approximate surface area is 142 Å². The van der Waals surface area contributed by atoms with Gasteiger partial charge in [-0.15, -0.1) is 0 Å². The molecule has 2 saturated carbocycles. The summed E-state index contributed by atoms with van der Waals surface area (Å²) in [4.78, 5) is 0. The first kappa shape index (κ1) is 19.2. The molecule has 0 amide bonds. The molecule has 2 fully saturated rings. The standard InChI is InChI=1S/C17H31P.ClH.Pd/c1-15(2)13-14-18(16-9-5-3-6-10-16)17-11-7-4-8-12-17;;/h13,16-17H,3-12,14H2,1-2H3;1H;/q;;+1/p-1. The Morgan fingerprint density at radius 1 is 0.900 bits per heavy atom. The van der Waals surface area contributed by atoms with Gasteiger partial charge >= 0.3 is 27.7 Å². The van der Waals surface area contributed by atoms with Crippen LogP contribution in [-0.2, 0) is 18.2 Å². The second-order valence-electron chi connectivity index (χ2n) is 6.56. The Morgan fingerprint density at radius 2 is 1.30 bits per heavy atom. The van der Waals surface area contributed by atoms with Gasteiger partial charge in [0.05, 0.1) is 0 Å². The normalized spacial score (nSPS) is 21.3. The monoisotopic (exact) mass is 407 g/mol. The van der Waals surface area contributed by atoms with Gasteiger partial charge in [0.2, 0.25) is 0 Å². The summed E-state index contributed by atoms with van der Waals surface area (Å²) in [5.74, 6) is 0. The van der Waals surface area contributed by atoms with E-state index in [2.05, 4.69) is 47.6 Å². The van der Waals surface area contributed by atoms with Gasteiger partial charge in [-0.1, -0.05) is 58.1 Å². The van der Waals surface area contributed by atoms with Crippen LogP contribution in [0.3, 0.4) is 0 Å². The SMILES string of the molecule is CC(C)=CCP(C1CCCCC1)C1CCCCC1.[Cl][Pd]. The minimum absolute atomic E-state index is 0.294. The van der Waals surface area contributed by atoms with E-state index >= 15 is 0 Å². The zero-order valence-corrected chi connectivity index (χ0v) is 16.4. The molecule has 3 heteroatoms. The van der Waals surface area contributed by atoms with Crippen LogP contribution in [0.5, 0.6) is 0 Å². The van der Waals surface area contributed by atoms with Crippen molar-refractivity contribution in [3.05, 3.63) is 11.6 Å². The van der Waals surface area contributed by atoms with E-state index in [0.717, 1.165) is 11.3 Å². The summed E-state index contributed by atoms with van der Waals surface area (Å²) < 4.78 is 0. The Kier molecular flexibility index (Phi) is 11.2. The molecule has 0 unspecified atom stereocenters. The topological polar surface area (TPSA) is 0 Å². The van der Waals surface area contributed by atoms with E-state index in [4.69, 9.17) is 0 Å². The van der Waals surface area contributed by atoms with Crippen molar-refractivity contribution in [3.8, 4) is 0 Å². The van der Waals surface area contributed by atoms with Gasteiger partial charge in [0.15, 0.2) is 0 Å². The Balaban J connectivity index is 0.000000956. The number of rotatable bonds is 4. The maximum absolute atomic E-state index is 4.49. The second kappa shape index (κ2) is 11.7. The number of hydrogen-bond donors (Lipinski definition) is 0. The van der Waals surface area contributed by atoms with Crippen LogP contribution >= 0.6 is 17.5 Å². The van der Waals surface area contributed by atoms with Crippen LogP contribution in [0.2, 0.25) is 0 Å². The molecule has 0 atom stereocenters. The fourth-order valence-electron chi connectivity index (χ4n) is 3.71. The predicted molar refractivity (Wildman–Crippen MR) is 90.8 cm³/mol. The van der Waals surface area contributed by atoms with Crippen LogP contribution in [0.25, 0.3) is 0 Å². The van der Waals surface area contributed by atoms with Crippen LogP contribution in [0.4, 0.5) is 0 Å². The molecule has 0 radical (unpaired) electrons. The van der Waals surface area contributed by atoms with Crippen molar-refractivity contribution in [1.29, 1.82) is 0 Å². The van der Waals surface area contributed by atoms with E-state index in [0.29, 0.717) is 7.92 Å². The second-order valence-corrected chi connectivity index (χ2v) is 9.42. The average Bonchev–Trinajstić information content (AvgIpc) is 2.51. The molecule has 2 rings (SSSR count). The summed E-state index contributed by atoms with van der Waals surface area (Å²) >= 11 is 2.22. The van der Waals surface area contributed by atoms with Crippen molar-refractivity contribution in [2.45, 2.75) is 89.4 Å². The summed E-state index contributed by atoms with van der Waals surface area (Å²) in [6.07, 6.45) is 19.3. The van der Waals surface area contributed by atoms with E-state index in [-0.39, 0.29) is 0 Å². The molecule has 0 bridgehead atoms. The molecule has 0 aromatic carbocycles. The zero-order chi connectivity index (χ0) is 14.8. The fraction of sp³-hybridized carbons (Fsp3) is 0.882. The van der Waals surface area contributed by atoms with Gasteiger partial charge in [-0.25, -0.2) is 0 Å². The Hall–Kier alpha value is 1.12. The summed E-state index contributed by atoms with van der Waals surface area (Å²) in [6, 6.07) is 0. The molecular formula is C17H31ClPPd. The molecule has 0 aromatic heterocycles. The van der Waals surface area contributed by atoms with Gasteiger partial charge in [0.1, 0.15) is 0 Å². The van der Waals surface area contributed by atoms with Crippen LogP contribution < -0.4 is 0 Å². The molecule has 0 spiro atoms. The number of halogens is 1. The molecule has 121 valence electrons. The maximum atomic E-state index is 4.49. The molecule has 20 heavy (non-hydrogen) atoms. The molecule has 0 saturated heterocycles. The van der Waals surface area contributed by atoms with Gasteiger partial charge in [0, 0.05) is 0 Å². The average molecular weight is 408 g/mol. The summed E-state index contributed by atoms with van der Waals surface area (Å²) in [5, 5.41) is 0. The third kappa shape index (κ3) is 6.92. The van der Waals surface area contributed by atoms with Crippen molar-refractivity contribution < 1.29 is 18.2 Å². The number of hydrogen-bond acceptors (Lipinski definition) is 0. The Bertz CT molecular complexity index is 246. The van der Waals surface area contributed by atoms with Crippen LogP contribution in [0.15, 0.2) is 11.6 Å².